The maximum Gasteiger partial charge on any atom is 0.243 e. The summed E-state index contributed by atoms with van der Waals surface area (Å²) in [4.78, 5) is 17.4. The van der Waals surface area contributed by atoms with Gasteiger partial charge in [0.2, 0.25) is 5.91 Å². The topological polar surface area (TPSA) is 35.6 Å². The molecule has 2 fully saturated rings. The Bertz CT molecular complexity index is 347. The van der Waals surface area contributed by atoms with Crippen LogP contribution in [0.4, 0.5) is 0 Å². The van der Waals surface area contributed by atoms with E-state index in [4.69, 9.17) is 0 Å². The Morgan fingerprint density at radius 2 is 2.10 bits per heavy atom. The summed E-state index contributed by atoms with van der Waals surface area (Å²) in [6, 6.07) is 0.560. The molecule has 0 aromatic carbocycles. The molecule has 2 rings (SSSR count). The van der Waals surface area contributed by atoms with Crippen LogP contribution in [0.1, 0.15) is 59.8 Å². The number of carbonyl (C=O) groups is 1. The van der Waals surface area contributed by atoms with E-state index in [9.17, 15) is 4.79 Å². The minimum atomic E-state index is -0.352. The number of likely N-dealkylation sites (tertiary alicyclic amines) is 1. The molecule has 4 nitrogen and oxygen atoms in total. The first-order valence-electron chi connectivity index (χ1n) is 8.38. The highest BCUT2D eigenvalue weighted by Gasteiger charge is 2.47. The van der Waals surface area contributed by atoms with E-state index in [1.54, 1.807) is 0 Å². The fourth-order valence-electron chi connectivity index (χ4n) is 3.68. The number of rotatable bonds is 6. The van der Waals surface area contributed by atoms with E-state index in [2.05, 4.69) is 42.8 Å². The molecule has 0 aliphatic carbocycles. The second-order valence-electron chi connectivity index (χ2n) is 6.52. The fourth-order valence-corrected chi connectivity index (χ4v) is 3.68. The van der Waals surface area contributed by atoms with Gasteiger partial charge in [0, 0.05) is 12.6 Å². The second-order valence-corrected chi connectivity index (χ2v) is 6.52. The van der Waals surface area contributed by atoms with Gasteiger partial charge in [-0.3, -0.25) is 15.0 Å². The zero-order valence-corrected chi connectivity index (χ0v) is 13.6. The van der Waals surface area contributed by atoms with Gasteiger partial charge in [-0.2, -0.15) is 0 Å². The van der Waals surface area contributed by atoms with E-state index in [1.807, 2.05) is 0 Å². The van der Waals surface area contributed by atoms with Gasteiger partial charge in [-0.1, -0.05) is 27.2 Å². The Labute approximate surface area is 123 Å². The summed E-state index contributed by atoms with van der Waals surface area (Å²) in [6.07, 6.45) is 5.78. The van der Waals surface area contributed by atoms with Crippen LogP contribution in [0.15, 0.2) is 0 Å². The van der Waals surface area contributed by atoms with Crippen molar-refractivity contribution in [3.05, 3.63) is 0 Å². The van der Waals surface area contributed by atoms with E-state index in [1.165, 1.54) is 19.4 Å². The first-order valence-corrected chi connectivity index (χ1v) is 8.38. The van der Waals surface area contributed by atoms with Crippen molar-refractivity contribution in [1.29, 1.82) is 0 Å². The summed E-state index contributed by atoms with van der Waals surface area (Å²) < 4.78 is 0. The molecule has 1 N–H and O–H groups in total. The molecular weight excluding hydrogens is 250 g/mol. The lowest BCUT2D eigenvalue weighted by Gasteiger charge is -2.31. The van der Waals surface area contributed by atoms with Crippen molar-refractivity contribution in [2.75, 3.05) is 19.6 Å². The lowest BCUT2D eigenvalue weighted by Crippen LogP contribution is -2.46. The summed E-state index contributed by atoms with van der Waals surface area (Å²) in [5.74, 6) is 0.307. The average molecular weight is 281 g/mol. The van der Waals surface area contributed by atoms with Crippen LogP contribution in [-0.2, 0) is 4.79 Å². The van der Waals surface area contributed by atoms with Crippen LogP contribution in [0.3, 0.4) is 0 Å². The van der Waals surface area contributed by atoms with Crippen molar-refractivity contribution in [1.82, 2.24) is 15.1 Å². The summed E-state index contributed by atoms with van der Waals surface area (Å²) in [7, 11) is 0. The highest BCUT2D eigenvalue weighted by Crippen LogP contribution is 2.28. The Morgan fingerprint density at radius 1 is 1.35 bits per heavy atom. The molecule has 20 heavy (non-hydrogen) atoms. The number of nitrogens with one attached hydrogen (secondary N) is 1. The summed E-state index contributed by atoms with van der Waals surface area (Å²) >= 11 is 0. The normalized spacial score (nSPS) is 35.2. The number of nitrogens with zero attached hydrogens (tertiary/aromatic N) is 2. The van der Waals surface area contributed by atoms with Gasteiger partial charge in [-0.05, 0) is 45.7 Å². The molecular formula is C16H31N3O. The Hall–Kier alpha value is -0.610. The third-order valence-electron chi connectivity index (χ3n) is 5.18. The van der Waals surface area contributed by atoms with E-state index >= 15 is 0 Å². The SMILES string of the molecule is CCCC1NC(C)(CC)C(=O)N1CC1CCCN1CC. The van der Waals surface area contributed by atoms with E-state index in [-0.39, 0.29) is 11.7 Å². The lowest BCUT2D eigenvalue weighted by atomic mass is 9.99. The standard InChI is InChI=1S/C16H31N3O/c1-5-9-14-17-16(4,6-2)15(20)19(14)12-13-10-8-11-18(13)7-3/h13-14,17H,5-12H2,1-4H3. The van der Waals surface area contributed by atoms with Gasteiger partial charge in [-0.15, -0.1) is 0 Å². The molecule has 0 spiro atoms. The zero-order chi connectivity index (χ0) is 14.8. The minimum absolute atomic E-state index is 0.233. The van der Waals surface area contributed by atoms with E-state index in [0.29, 0.717) is 11.9 Å². The highest BCUT2D eigenvalue weighted by molar-refractivity contribution is 5.88. The number of carbonyl (C=O) groups excluding carboxylic acids is 1. The quantitative estimate of drug-likeness (QED) is 0.811. The van der Waals surface area contributed by atoms with E-state index < -0.39 is 0 Å². The largest absolute Gasteiger partial charge is 0.324 e. The van der Waals surface area contributed by atoms with Crippen molar-refractivity contribution in [2.45, 2.75) is 77.5 Å². The summed E-state index contributed by atoms with van der Waals surface area (Å²) in [6.45, 7) is 11.8. The molecule has 3 atom stereocenters. The van der Waals surface area contributed by atoms with Crippen LogP contribution < -0.4 is 5.32 Å². The van der Waals surface area contributed by atoms with Gasteiger partial charge in [0.1, 0.15) is 0 Å². The van der Waals surface area contributed by atoms with Crippen LogP contribution in [0.2, 0.25) is 0 Å². The van der Waals surface area contributed by atoms with Crippen LogP contribution in [-0.4, -0.2) is 53.1 Å². The molecule has 2 heterocycles. The summed E-state index contributed by atoms with van der Waals surface area (Å²) in [5, 5.41) is 3.58. The monoisotopic (exact) mass is 281 g/mol. The lowest BCUT2D eigenvalue weighted by molar-refractivity contribution is -0.133. The Balaban J connectivity index is 2.08. The van der Waals surface area contributed by atoms with Crippen molar-refractivity contribution in [3.8, 4) is 0 Å². The van der Waals surface area contributed by atoms with Crippen LogP contribution in [0.25, 0.3) is 0 Å². The van der Waals surface area contributed by atoms with Crippen LogP contribution in [0, 0.1) is 0 Å². The molecule has 0 radical (unpaired) electrons. The molecule has 0 saturated carbocycles. The maximum absolute atomic E-state index is 12.8. The molecule has 0 aromatic rings. The number of amides is 1. The number of hydrogen-bond donors (Lipinski definition) is 1. The van der Waals surface area contributed by atoms with Crippen molar-refractivity contribution >= 4 is 5.91 Å². The van der Waals surface area contributed by atoms with Gasteiger partial charge in [0.05, 0.1) is 11.7 Å². The van der Waals surface area contributed by atoms with E-state index in [0.717, 1.165) is 32.4 Å². The fraction of sp³-hybridized carbons (Fsp3) is 0.938. The smallest absolute Gasteiger partial charge is 0.243 e. The third-order valence-corrected chi connectivity index (χ3v) is 5.18. The van der Waals surface area contributed by atoms with Crippen LogP contribution >= 0.6 is 0 Å². The first-order chi connectivity index (χ1) is 9.55. The van der Waals surface area contributed by atoms with Gasteiger partial charge >= 0.3 is 0 Å². The van der Waals surface area contributed by atoms with Gasteiger partial charge in [0.25, 0.3) is 0 Å². The number of likely N-dealkylation sites (N-methyl/N-ethyl adjacent to an activating group) is 1. The molecule has 3 unspecified atom stereocenters. The molecule has 4 heteroatoms. The predicted octanol–water partition coefficient (Wildman–Crippen LogP) is 2.20. The molecule has 0 aromatic heterocycles. The summed E-state index contributed by atoms with van der Waals surface area (Å²) in [5.41, 5.74) is -0.352. The van der Waals surface area contributed by atoms with Gasteiger partial charge in [-0.25, -0.2) is 0 Å². The highest BCUT2D eigenvalue weighted by atomic mass is 16.2. The number of hydrogen-bond acceptors (Lipinski definition) is 3. The minimum Gasteiger partial charge on any atom is -0.324 e. The molecule has 1 amide bonds. The first kappa shape index (κ1) is 15.8. The molecule has 2 saturated heterocycles. The molecule has 2 aliphatic heterocycles. The second kappa shape index (κ2) is 6.44. The molecule has 0 bridgehead atoms. The molecule has 116 valence electrons. The van der Waals surface area contributed by atoms with Gasteiger partial charge in [0.15, 0.2) is 0 Å². The maximum atomic E-state index is 12.8. The predicted molar refractivity (Wildman–Crippen MR) is 82.5 cm³/mol. The third kappa shape index (κ3) is 2.86. The van der Waals surface area contributed by atoms with Gasteiger partial charge < -0.3 is 4.90 Å². The average Bonchev–Trinajstić information content (AvgIpc) is 2.98. The van der Waals surface area contributed by atoms with Crippen molar-refractivity contribution < 1.29 is 4.79 Å². The van der Waals surface area contributed by atoms with Crippen molar-refractivity contribution in [3.63, 3.8) is 0 Å². The Morgan fingerprint density at radius 3 is 2.70 bits per heavy atom. The zero-order valence-electron chi connectivity index (χ0n) is 13.6. The Kier molecular flexibility index (Phi) is 5.08. The molecule has 2 aliphatic rings. The van der Waals surface area contributed by atoms with Crippen LogP contribution in [0.5, 0.6) is 0 Å². The van der Waals surface area contributed by atoms with Crippen molar-refractivity contribution in [2.24, 2.45) is 0 Å².